The van der Waals surface area contributed by atoms with Crippen LogP contribution in [-0.4, -0.2) is 27.2 Å². The second kappa shape index (κ2) is 8.17. The zero-order chi connectivity index (χ0) is 18.5. The predicted molar refractivity (Wildman–Crippen MR) is 101 cm³/mol. The van der Waals surface area contributed by atoms with Gasteiger partial charge in [-0.05, 0) is 38.0 Å². The first-order chi connectivity index (χ1) is 12.6. The minimum atomic E-state index is -0.273. The van der Waals surface area contributed by atoms with Crippen molar-refractivity contribution in [1.82, 2.24) is 14.8 Å². The number of anilines is 1. The largest absolute Gasteiger partial charge is 0.494 e. The van der Waals surface area contributed by atoms with Gasteiger partial charge in [-0.2, -0.15) is 10.1 Å². The first-order valence-corrected chi connectivity index (χ1v) is 9.22. The van der Waals surface area contributed by atoms with Gasteiger partial charge in [-0.3, -0.25) is 4.79 Å². The van der Waals surface area contributed by atoms with Gasteiger partial charge in [-0.15, -0.1) is 0 Å². The monoisotopic (exact) mass is 354 g/mol. The zero-order valence-corrected chi connectivity index (χ0v) is 15.7. The van der Waals surface area contributed by atoms with Crippen LogP contribution in [0.15, 0.2) is 41.9 Å². The van der Waals surface area contributed by atoms with Crippen molar-refractivity contribution in [1.29, 1.82) is 0 Å². The second-order valence-corrected chi connectivity index (χ2v) is 6.63. The molecular weight excluding hydrogens is 328 g/mol. The highest BCUT2D eigenvalue weighted by Crippen LogP contribution is 2.35. The fraction of sp³-hybridized carbons (Fsp3) is 0.450. The maximum atomic E-state index is 12.2. The summed E-state index contributed by atoms with van der Waals surface area (Å²) in [4.78, 5) is 16.5. The summed E-state index contributed by atoms with van der Waals surface area (Å²) in [5.41, 5.74) is 2.51. The van der Waals surface area contributed by atoms with Gasteiger partial charge < -0.3 is 10.1 Å². The van der Waals surface area contributed by atoms with Crippen LogP contribution < -0.4 is 10.1 Å². The number of unbranched alkanes of at least 4 members (excludes halogenated alkanes) is 3. The van der Waals surface area contributed by atoms with Gasteiger partial charge in [0.2, 0.25) is 5.95 Å². The van der Waals surface area contributed by atoms with Gasteiger partial charge in [0, 0.05) is 11.3 Å². The molecule has 6 heteroatoms. The van der Waals surface area contributed by atoms with E-state index in [2.05, 4.69) is 22.3 Å². The molecule has 0 saturated carbocycles. The first-order valence-electron chi connectivity index (χ1n) is 9.22. The minimum Gasteiger partial charge on any atom is -0.494 e. The van der Waals surface area contributed by atoms with E-state index in [9.17, 15) is 4.79 Å². The highest BCUT2D eigenvalue weighted by molar-refractivity contribution is 5.96. The third-order valence-electron chi connectivity index (χ3n) is 4.64. The maximum absolute atomic E-state index is 12.2. The van der Waals surface area contributed by atoms with Gasteiger partial charge in [0.15, 0.2) is 5.78 Å². The Hall–Kier alpha value is -2.63. The lowest BCUT2D eigenvalue weighted by atomic mass is 9.93. The lowest BCUT2D eigenvalue weighted by Crippen LogP contribution is -2.27. The Morgan fingerprint density at radius 1 is 1.23 bits per heavy atom. The number of nitrogens with one attached hydrogen (secondary N) is 1. The van der Waals surface area contributed by atoms with Crippen LogP contribution in [0.3, 0.4) is 0 Å². The van der Waals surface area contributed by atoms with Crippen molar-refractivity contribution in [2.75, 3.05) is 11.9 Å². The van der Waals surface area contributed by atoms with Crippen molar-refractivity contribution < 1.29 is 9.53 Å². The van der Waals surface area contributed by atoms with E-state index in [1.807, 2.05) is 31.2 Å². The van der Waals surface area contributed by atoms with Crippen molar-refractivity contribution in [2.24, 2.45) is 0 Å². The number of benzene rings is 1. The van der Waals surface area contributed by atoms with Crippen LogP contribution in [0.1, 0.15) is 58.1 Å². The fourth-order valence-electron chi connectivity index (χ4n) is 3.32. The average molecular weight is 354 g/mol. The standard InChI is InChI=1S/C20H26N4O2/c1-4-5-6-7-12-26-17-10-8-16(9-11-17)19-18(15(3)25)14(2)23-20-21-13-22-24(19)20/h8-11,13,19H,4-7,12H2,1-3H3,(H,21,22,23)/t19-/m0/s1. The average Bonchev–Trinajstić information content (AvgIpc) is 3.08. The van der Waals surface area contributed by atoms with E-state index in [0.717, 1.165) is 30.0 Å². The molecule has 2 aromatic rings. The lowest BCUT2D eigenvalue weighted by molar-refractivity contribution is -0.114. The Morgan fingerprint density at radius 3 is 2.69 bits per heavy atom. The van der Waals surface area contributed by atoms with Crippen LogP contribution in [0.2, 0.25) is 0 Å². The minimum absolute atomic E-state index is 0.0254. The molecule has 138 valence electrons. The molecule has 1 atom stereocenters. The molecule has 3 rings (SSSR count). The summed E-state index contributed by atoms with van der Waals surface area (Å²) in [6.45, 7) is 6.42. The van der Waals surface area contributed by atoms with E-state index in [1.165, 1.54) is 25.6 Å². The molecule has 0 unspecified atom stereocenters. The summed E-state index contributed by atoms with van der Waals surface area (Å²) >= 11 is 0. The number of rotatable bonds is 8. The molecule has 0 amide bonds. The molecule has 6 nitrogen and oxygen atoms in total. The summed E-state index contributed by atoms with van der Waals surface area (Å²) in [6, 6.07) is 7.64. The molecule has 0 fully saturated rings. The molecule has 0 bridgehead atoms. The maximum Gasteiger partial charge on any atom is 0.226 e. The molecule has 0 aliphatic carbocycles. The van der Waals surface area contributed by atoms with Gasteiger partial charge in [0.25, 0.3) is 0 Å². The number of carbonyl (C=O) groups excluding carboxylic acids is 1. The Kier molecular flexibility index (Phi) is 5.71. The summed E-state index contributed by atoms with van der Waals surface area (Å²) in [6.07, 6.45) is 6.24. The molecule has 1 aromatic heterocycles. The van der Waals surface area contributed by atoms with E-state index in [1.54, 1.807) is 11.6 Å². The van der Waals surface area contributed by atoms with Crippen molar-refractivity contribution in [3.8, 4) is 5.75 Å². The number of ketones is 1. The Balaban J connectivity index is 1.78. The Bertz CT molecular complexity index is 792. The van der Waals surface area contributed by atoms with Gasteiger partial charge in [-0.1, -0.05) is 38.3 Å². The number of Topliss-reactive ketones (excluding diaryl/α,β-unsaturated/α-hetero) is 1. The smallest absolute Gasteiger partial charge is 0.226 e. The van der Waals surface area contributed by atoms with Crippen LogP contribution in [0.25, 0.3) is 0 Å². The van der Waals surface area contributed by atoms with E-state index in [-0.39, 0.29) is 11.8 Å². The lowest BCUT2D eigenvalue weighted by Gasteiger charge is -2.28. The van der Waals surface area contributed by atoms with Crippen LogP contribution in [0.4, 0.5) is 5.95 Å². The fourth-order valence-corrected chi connectivity index (χ4v) is 3.32. The summed E-state index contributed by atoms with van der Waals surface area (Å²) in [7, 11) is 0. The molecule has 1 aromatic carbocycles. The van der Waals surface area contributed by atoms with Crippen LogP contribution in [0.5, 0.6) is 5.75 Å². The van der Waals surface area contributed by atoms with Gasteiger partial charge >= 0.3 is 0 Å². The van der Waals surface area contributed by atoms with Crippen molar-refractivity contribution >= 4 is 11.7 Å². The topological polar surface area (TPSA) is 69.0 Å². The van der Waals surface area contributed by atoms with E-state index >= 15 is 0 Å². The predicted octanol–water partition coefficient (Wildman–Crippen LogP) is 4.12. The molecular formula is C20H26N4O2. The summed E-state index contributed by atoms with van der Waals surface area (Å²) < 4.78 is 7.57. The molecule has 1 N–H and O–H groups in total. The summed E-state index contributed by atoms with van der Waals surface area (Å²) in [5, 5.41) is 7.46. The number of nitrogens with zero attached hydrogens (tertiary/aromatic N) is 3. The Labute approximate surface area is 154 Å². The Morgan fingerprint density at radius 2 is 2.00 bits per heavy atom. The van der Waals surface area contributed by atoms with Gasteiger partial charge in [-0.25, -0.2) is 4.68 Å². The number of hydrogen-bond acceptors (Lipinski definition) is 5. The second-order valence-electron chi connectivity index (χ2n) is 6.63. The SMILES string of the molecule is CCCCCCOc1ccc([C@H]2C(C(C)=O)=C(C)Nc3ncnn32)cc1. The molecule has 0 radical (unpaired) electrons. The molecule has 0 saturated heterocycles. The van der Waals surface area contributed by atoms with Crippen molar-refractivity contribution in [3.63, 3.8) is 0 Å². The quantitative estimate of drug-likeness (QED) is 0.722. The van der Waals surface area contributed by atoms with Gasteiger partial charge in [0.1, 0.15) is 18.1 Å². The number of aromatic nitrogens is 3. The first kappa shape index (κ1) is 18.2. The molecule has 2 heterocycles. The normalized spacial score (nSPS) is 16.2. The van der Waals surface area contributed by atoms with Crippen molar-refractivity contribution in [2.45, 2.75) is 52.5 Å². The molecule has 26 heavy (non-hydrogen) atoms. The third-order valence-corrected chi connectivity index (χ3v) is 4.64. The van der Waals surface area contributed by atoms with E-state index < -0.39 is 0 Å². The van der Waals surface area contributed by atoms with Gasteiger partial charge in [0.05, 0.1) is 6.61 Å². The number of allylic oxidation sites excluding steroid dienone is 2. The van der Waals surface area contributed by atoms with E-state index in [4.69, 9.17) is 4.74 Å². The molecule has 1 aliphatic rings. The van der Waals surface area contributed by atoms with Crippen LogP contribution >= 0.6 is 0 Å². The highest BCUT2D eigenvalue weighted by atomic mass is 16.5. The molecule has 1 aliphatic heterocycles. The number of carbonyl (C=O) groups is 1. The number of fused-ring (bicyclic) bond motifs is 1. The summed E-state index contributed by atoms with van der Waals surface area (Å²) in [5.74, 6) is 1.52. The third kappa shape index (κ3) is 3.79. The zero-order valence-electron chi connectivity index (χ0n) is 15.7. The van der Waals surface area contributed by atoms with Crippen molar-refractivity contribution in [3.05, 3.63) is 47.4 Å². The van der Waals surface area contributed by atoms with E-state index in [0.29, 0.717) is 11.5 Å². The highest BCUT2D eigenvalue weighted by Gasteiger charge is 2.31. The number of ether oxygens (including phenoxy) is 1. The number of hydrogen-bond donors (Lipinski definition) is 1. The van der Waals surface area contributed by atoms with Crippen LogP contribution in [-0.2, 0) is 4.79 Å². The molecule has 0 spiro atoms. The van der Waals surface area contributed by atoms with Crippen LogP contribution in [0, 0.1) is 0 Å².